The molecule has 0 saturated carbocycles. The van der Waals surface area contributed by atoms with Crippen LogP contribution in [0.5, 0.6) is 5.75 Å². The maximum Gasteiger partial charge on any atom is 0.256 e. The number of para-hydroxylation sites is 1. The number of hydrogen-bond donors (Lipinski definition) is 2. The van der Waals surface area contributed by atoms with E-state index in [9.17, 15) is 9.90 Å². The predicted molar refractivity (Wildman–Crippen MR) is 113 cm³/mol. The molecular formula is C23H16BrNO2. The zero-order chi connectivity index (χ0) is 18.8. The van der Waals surface area contributed by atoms with E-state index < -0.39 is 0 Å². The molecule has 0 atom stereocenters. The summed E-state index contributed by atoms with van der Waals surface area (Å²) >= 11 is 3.40. The van der Waals surface area contributed by atoms with Gasteiger partial charge in [-0.3, -0.25) is 4.79 Å². The van der Waals surface area contributed by atoms with Crippen LogP contribution in [0.4, 0.5) is 5.69 Å². The third kappa shape index (κ3) is 3.32. The molecule has 0 aliphatic rings. The van der Waals surface area contributed by atoms with E-state index in [0.29, 0.717) is 15.7 Å². The Bertz CT molecular complexity index is 1150. The molecule has 0 saturated heterocycles. The number of phenolic OH excluding ortho intramolecular Hbond substituents is 1. The van der Waals surface area contributed by atoms with Crippen LogP contribution in [0.3, 0.4) is 0 Å². The Morgan fingerprint density at radius 1 is 0.778 bits per heavy atom. The van der Waals surface area contributed by atoms with Crippen LogP contribution in [0, 0.1) is 0 Å². The summed E-state index contributed by atoms with van der Waals surface area (Å²) in [5, 5.41) is 15.5. The van der Waals surface area contributed by atoms with Gasteiger partial charge in [-0.1, -0.05) is 66.7 Å². The summed E-state index contributed by atoms with van der Waals surface area (Å²) < 4.78 is 0.699. The molecule has 0 aliphatic carbocycles. The lowest BCUT2D eigenvalue weighted by molar-refractivity contribution is 0.102. The minimum absolute atomic E-state index is 0.0286. The molecule has 0 unspecified atom stereocenters. The van der Waals surface area contributed by atoms with Crippen LogP contribution in [0.1, 0.15) is 10.4 Å². The molecule has 0 spiro atoms. The van der Waals surface area contributed by atoms with E-state index in [1.54, 1.807) is 24.3 Å². The maximum absolute atomic E-state index is 12.8. The molecule has 1 amide bonds. The minimum Gasteiger partial charge on any atom is -0.506 e. The van der Waals surface area contributed by atoms with Gasteiger partial charge in [0.25, 0.3) is 5.91 Å². The molecule has 2 N–H and O–H groups in total. The molecule has 0 aromatic heterocycles. The summed E-state index contributed by atoms with van der Waals surface area (Å²) in [6, 6.07) is 26.5. The minimum atomic E-state index is -0.287. The molecule has 0 fully saturated rings. The number of amides is 1. The average Bonchev–Trinajstić information content (AvgIpc) is 2.69. The first-order valence-corrected chi connectivity index (χ1v) is 9.30. The lowest BCUT2D eigenvalue weighted by Crippen LogP contribution is -2.13. The summed E-state index contributed by atoms with van der Waals surface area (Å²) in [7, 11) is 0. The summed E-state index contributed by atoms with van der Waals surface area (Å²) in [5.41, 5.74) is 2.62. The average molecular weight is 418 g/mol. The van der Waals surface area contributed by atoms with Gasteiger partial charge in [0.15, 0.2) is 0 Å². The smallest absolute Gasteiger partial charge is 0.256 e. The van der Waals surface area contributed by atoms with Gasteiger partial charge in [-0.05, 0) is 50.5 Å². The zero-order valence-corrected chi connectivity index (χ0v) is 15.9. The Balaban J connectivity index is 1.83. The largest absolute Gasteiger partial charge is 0.506 e. The lowest BCUT2D eigenvalue weighted by Gasteiger charge is -2.15. The van der Waals surface area contributed by atoms with E-state index in [0.717, 1.165) is 21.9 Å². The van der Waals surface area contributed by atoms with Crippen molar-refractivity contribution in [3.63, 3.8) is 0 Å². The van der Waals surface area contributed by atoms with Crippen LogP contribution in [-0.4, -0.2) is 11.0 Å². The number of nitrogens with one attached hydrogen (secondary N) is 1. The normalized spacial score (nSPS) is 10.7. The number of aromatic hydroxyl groups is 1. The third-order valence-electron chi connectivity index (χ3n) is 4.48. The number of carbonyl (C=O) groups is 1. The fourth-order valence-electron chi connectivity index (χ4n) is 3.18. The summed E-state index contributed by atoms with van der Waals surface area (Å²) in [6.07, 6.45) is 0. The van der Waals surface area contributed by atoms with Gasteiger partial charge in [-0.15, -0.1) is 0 Å². The van der Waals surface area contributed by atoms with Crippen LogP contribution >= 0.6 is 15.9 Å². The number of phenols is 1. The molecule has 4 heteroatoms. The number of anilines is 1. The van der Waals surface area contributed by atoms with Gasteiger partial charge in [0.05, 0.1) is 11.3 Å². The molecule has 0 bridgehead atoms. The van der Waals surface area contributed by atoms with Crippen molar-refractivity contribution >= 4 is 38.3 Å². The van der Waals surface area contributed by atoms with Gasteiger partial charge in [-0.25, -0.2) is 0 Å². The maximum atomic E-state index is 12.8. The summed E-state index contributed by atoms with van der Waals surface area (Å²) in [5.74, 6) is -0.258. The van der Waals surface area contributed by atoms with Crippen LogP contribution < -0.4 is 5.32 Å². The fourth-order valence-corrected chi connectivity index (χ4v) is 3.65. The fraction of sp³-hybridized carbons (Fsp3) is 0. The zero-order valence-electron chi connectivity index (χ0n) is 14.3. The van der Waals surface area contributed by atoms with Gasteiger partial charge >= 0.3 is 0 Å². The monoisotopic (exact) mass is 417 g/mol. The Morgan fingerprint density at radius 3 is 2.30 bits per heavy atom. The van der Waals surface area contributed by atoms with Crippen molar-refractivity contribution in [1.82, 2.24) is 0 Å². The number of benzene rings is 4. The first kappa shape index (κ1) is 17.3. The molecule has 27 heavy (non-hydrogen) atoms. The molecular weight excluding hydrogens is 402 g/mol. The highest BCUT2D eigenvalue weighted by Gasteiger charge is 2.16. The number of carbonyl (C=O) groups excluding carboxylic acids is 1. The standard InChI is InChI=1S/C23H16BrNO2/c24-20-13-4-3-10-19(20)23(27)25-22-18(12-6-14-21(22)26)17-11-5-8-15-7-1-2-9-16(15)17/h1-14,26H,(H,25,27). The first-order valence-electron chi connectivity index (χ1n) is 8.51. The quantitative estimate of drug-likeness (QED) is 0.388. The second kappa shape index (κ2) is 7.25. The van der Waals surface area contributed by atoms with Crippen molar-refractivity contribution in [2.45, 2.75) is 0 Å². The Hall–Kier alpha value is -3.11. The Labute approximate surface area is 165 Å². The number of rotatable bonds is 3. The number of fused-ring (bicyclic) bond motifs is 1. The molecule has 0 aliphatic heterocycles. The van der Waals surface area contributed by atoms with Crippen molar-refractivity contribution in [2.24, 2.45) is 0 Å². The second-order valence-corrected chi connectivity index (χ2v) is 7.01. The van der Waals surface area contributed by atoms with Crippen molar-refractivity contribution in [1.29, 1.82) is 0 Å². The summed E-state index contributed by atoms with van der Waals surface area (Å²) in [4.78, 5) is 12.8. The SMILES string of the molecule is O=C(Nc1c(O)cccc1-c1cccc2ccccc12)c1ccccc1Br. The highest BCUT2D eigenvalue weighted by atomic mass is 79.9. The van der Waals surface area contributed by atoms with Crippen LogP contribution in [0.2, 0.25) is 0 Å². The van der Waals surface area contributed by atoms with E-state index in [-0.39, 0.29) is 11.7 Å². The number of hydrogen-bond acceptors (Lipinski definition) is 2. The molecule has 4 rings (SSSR count). The highest BCUT2D eigenvalue weighted by Crippen LogP contribution is 2.38. The van der Waals surface area contributed by atoms with E-state index in [1.807, 2.05) is 60.7 Å². The van der Waals surface area contributed by atoms with E-state index in [1.165, 1.54) is 0 Å². The predicted octanol–water partition coefficient (Wildman–Crippen LogP) is 6.23. The Morgan fingerprint density at radius 2 is 1.44 bits per heavy atom. The summed E-state index contributed by atoms with van der Waals surface area (Å²) in [6.45, 7) is 0. The van der Waals surface area contributed by atoms with E-state index >= 15 is 0 Å². The van der Waals surface area contributed by atoms with Crippen LogP contribution in [-0.2, 0) is 0 Å². The van der Waals surface area contributed by atoms with Crippen LogP contribution in [0.15, 0.2) is 89.4 Å². The van der Waals surface area contributed by atoms with Crippen molar-refractivity contribution in [3.05, 3.63) is 95.0 Å². The van der Waals surface area contributed by atoms with E-state index in [2.05, 4.69) is 21.2 Å². The van der Waals surface area contributed by atoms with Gasteiger partial charge in [0.2, 0.25) is 0 Å². The van der Waals surface area contributed by atoms with Gasteiger partial charge in [0.1, 0.15) is 5.75 Å². The molecule has 4 aromatic carbocycles. The lowest BCUT2D eigenvalue weighted by atomic mass is 9.96. The van der Waals surface area contributed by atoms with Crippen molar-refractivity contribution in [2.75, 3.05) is 5.32 Å². The topological polar surface area (TPSA) is 49.3 Å². The molecule has 4 aromatic rings. The third-order valence-corrected chi connectivity index (χ3v) is 5.17. The number of halogens is 1. The van der Waals surface area contributed by atoms with Gasteiger partial charge < -0.3 is 10.4 Å². The van der Waals surface area contributed by atoms with Gasteiger partial charge in [-0.2, -0.15) is 0 Å². The highest BCUT2D eigenvalue weighted by molar-refractivity contribution is 9.10. The van der Waals surface area contributed by atoms with E-state index in [4.69, 9.17) is 0 Å². The second-order valence-electron chi connectivity index (χ2n) is 6.16. The molecule has 0 heterocycles. The first-order chi connectivity index (χ1) is 13.1. The molecule has 0 radical (unpaired) electrons. The van der Waals surface area contributed by atoms with Crippen molar-refractivity contribution < 1.29 is 9.90 Å². The Kier molecular flexibility index (Phi) is 4.65. The van der Waals surface area contributed by atoms with Crippen molar-refractivity contribution in [3.8, 4) is 16.9 Å². The molecule has 132 valence electrons. The van der Waals surface area contributed by atoms with Gasteiger partial charge in [0, 0.05) is 10.0 Å². The molecule has 3 nitrogen and oxygen atoms in total. The van der Waals surface area contributed by atoms with Crippen LogP contribution in [0.25, 0.3) is 21.9 Å².